The Morgan fingerprint density at radius 3 is 2.46 bits per heavy atom. The number of aryl methyl sites for hydroxylation is 1. The molecule has 4 nitrogen and oxygen atoms in total. The predicted octanol–water partition coefficient (Wildman–Crippen LogP) is 3.39. The monoisotopic (exact) mass is 376 g/mol. The van der Waals surface area contributed by atoms with Crippen LogP contribution in [0, 0.1) is 12.7 Å². The van der Waals surface area contributed by atoms with E-state index in [9.17, 15) is 12.8 Å². The number of rotatable bonds is 7. The van der Waals surface area contributed by atoms with E-state index < -0.39 is 10.0 Å². The molecule has 26 heavy (non-hydrogen) atoms. The summed E-state index contributed by atoms with van der Waals surface area (Å²) in [4.78, 5) is 2.27. The van der Waals surface area contributed by atoms with E-state index in [1.807, 2.05) is 31.2 Å². The van der Waals surface area contributed by atoms with E-state index in [0.29, 0.717) is 6.54 Å². The number of likely N-dealkylation sites (tertiary alicyclic amines) is 1. The van der Waals surface area contributed by atoms with Gasteiger partial charge < -0.3 is 0 Å². The lowest BCUT2D eigenvalue weighted by Crippen LogP contribution is -2.37. The van der Waals surface area contributed by atoms with E-state index >= 15 is 0 Å². The van der Waals surface area contributed by atoms with Crippen LogP contribution in [-0.2, 0) is 15.8 Å². The summed E-state index contributed by atoms with van der Waals surface area (Å²) in [6.07, 6.45) is 2.21. The van der Waals surface area contributed by atoms with Crippen molar-refractivity contribution in [3.8, 4) is 0 Å². The fourth-order valence-corrected chi connectivity index (χ4v) is 4.61. The molecule has 0 saturated carbocycles. The van der Waals surface area contributed by atoms with Crippen LogP contribution in [0.1, 0.15) is 35.6 Å². The lowest BCUT2D eigenvalue weighted by Gasteiger charge is -2.28. The van der Waals surface area contributed by atoms with Gasteiger partial charge in [-0.25, -0.2) is 17.5 Å². The first-order valence-electron chi connectivity index (χ1n) is 8.95. The van der Waals surface area contributed by atoms with Crippen molar-refractivity contribution in [2.75, 3.05) is 19.6 Å². The summed E-state index contributed by atoms with van der Waals surface area (Å²) in [6, 6.07) is 13.8. The second kappa shape index (κ2) is 8.29. The summed E-state index contributed by atoms with van der Waals surface area (Å²) in [5.74, 6) is -0.320. The highest BCUT2D eigenvalue weighted by Crippen LogP contribution is 2.25. The Balaban J connectivity index is 1.71. The van der Waals surface area contributed by atoms with Gasteiger partial charge >= 0.3 is 0 Å². The Kier molecular flexibility index (Phi) is 6.06. The summed E-state index contributed by atoms with van der Waals surface area (Å²) in [6.45, 7) is 4.10. The molecule has 1 saturated heterocycles. The van der Waals surface area contributed by atoms with Crippen LogP contribution in [0.2, 0.25) is 0 Å². The molecule has 1 unspecified atom stereocenters. The topological polar surface area (TPSA) is 49.4 Å². The average molecular weight is 376 g/mol. The maximum absolute atomic E-state index is 13.3. The van der Waals surface area contributed by atoms with Gasteiger partial charge in [-0.15, -0.1) is 0 Å². The smallest absolute Gasteiger partial charge is 0.215 e. The number of hydrogen-bond donors (Lipinski definition) is 1. The van der Waals surface area contributed by atoms with Crippen LogP contribution in [0.3, 0.4) is 0 Å². The second-order valence-electron chi connectivity index (χ2n) is 6.91. The minimum absolute atomic E-state index is 0.0369. The van der Waals surface area contributed by atoms with E-state index in [1.54, 1.807) is 12.1 Å². The van der Waals surface area contributed by atoms with Gasteiger partial charge in [-0.2, -0.15) is 0 Å². The molecular weight excluding hydrogens is 351 g/mol. The Labute approximate surface area is 155 Å². The maximum atomic E-state index is 13.3. The number of hydrogen-bond acceptors (Lipinski definition) is 3. The zero-order chi connectivity index (χ0) is 18.6. The Hall–Kier alpha value is -1.76. The summed E-state index contributed by atoms with van der Waals surface area (Å²) < 4.78 is 41.1. The van der Waals surface area contributed by atoms with Crippen LogP contribution >= 0.6 is 0 Å². The zero-order valence-electron chi connectivity index (χ0n) is 15.0. The highest BCUT2D eigenvalue weighted by Gasteiger charge is 2.25. The van der Waals surface area contributed by atoms with Crippen molar-refractivity contribution in [2.24, 2.45) is 0 Å². The van der Waals surface area contributed by atoms with Gasteiger partial charge in [0.15, 0.2) is 0 Å². The molecular formula is C20H25FN2O2S. The molecule has 1 aliphatic rings. The highest BCUT2D eigenvalue weighted by molar-refractivity contribution is 7.88. The Bertz CT molecular complexity index is 831. The third-order valence-corrected chi connectivity index (χ3v) is 6.09. The van der Waals surface area contributed by atoms with Crippen molar-refractivity contribution < 1.29 is 12.8 Å². The quantitative estimate of drug-likeness (QED) is 0.806. The SMILES string of the molecule is Cc1cccc(CS(=O)(=O)NCC(c2ccc(F)cc2)N2CCCC2)c1. The molecule has 3 rings (SSSR count). The molecule has 140 valence electrons. The molecule has 0 amide bonds. The highest BCUT2D eigenvalue weighted by atomic mass is 32.2. The minimum atomic E-state index is -3.44. The number of nitrogens with zero attached hydrogens (tertiary/aromatic N) is 1. The molecule has 0 radical (unpaired) electrons. The lowest BCUT2D eigenvalue weighted by molar-refractivity contribution is 0.246. The molecule has 0 aromatic heterocycles. The van der Waals surface area contributed by atoms with Crippen molar-refractivity contribution in [2.45, 2.75) is 31.6 Å². The molecule has 2 aromatic rings. The van der Waals surface area contributed by atoms with Gasteiger partial charge in [0.25, 0.3) is 0 Å². The van der Waals surface area contributed by atoms with Crippen molar-refractivity contribution >= 4 is 10.0 Å². The number of nitrogens with one attached hydrogen (secondary N) is 1. The fraction of sp³-hybridized carbons (Fsp3) is 0.400. The molecule has 1 aliphatic heterocycles. The molecule has 1 atom stereocenters. The van der Waals surface area contributed by atoms with Crippen molar-refractivity contribution in [1.29, 1.82) is 0 Å². The predicted molar refractivity (Wildman–Crippen MR) is 102 cm³/mol. The van der Waals surface area contributed by atoms with Crippen LogP contribution in [0.4, 0.5) is 4.39 Å². The first-order valence-corrected chi connectivity index (χ1v) is 10.6. The van der Waals surface area contributed by atoms with Crippen LogP contribution in [0.25, 0.3) is 0 Å². The molecule has 2 aromatic carbocycles. The summed E-state index contributed by atoms with van der Waals surface area (Å²) >= 11 is 0. The summed E-state index contributed by atoms with van der Waals surface area (Å²) in [5.41, 5.74) is 2.75. The summed E-state index contributed by atoms with van der Waals surface area (Å²) in [5, 5.41) is 0. The largest absolute Gasteiger partial charge is 0.295 e. The molecule has 0 aliphatic carbocycles. The third-order valence-electron chi connectivity index (χ3n) is 4.77. The van der Waals surface area contributed by atoms with Crippen LogP contribution in [0.15, 0.2) is 48.5 Å². The van der Waals surface area contributed by atoms with Gasteiger partial charge in [0, 0.05) is 12.6 Å². The number of sulfonamides is 1. The maximum Gasteiger partial charge on any atom is 0.215 e. The van der Waals surface area contributed by atoms with Crippen LogP contribution < -0.4 is 4.72 Å². The first kappa shape index (κ1) is 19.0. The normalized spacial score (nSPS) is 16.7. The average Bonchev–Trinajstić information content (AvgIpc) is 3.10. The molecule has 0 spiro atoms. The number of halogens is 1. The molecule has 1 heterocycles. The van der Waals surface area contributed by atoms with Gasteiger partial charge in [-0.3, -0.25) is 4.90 Å². The van der Waals surface area contributed by atoms with Gasteiger partial charge in [0.1, 0.15) is 5.82 Å². The Morgan fingerprint density at radius 2 is 1.81 bits per heavy atom. The second-order valence-corrected chi connectivity index (χ2v) is 8.71. The third kappa shape index (κ3) is 5.13. The van der Waals surface area contributed by atoms with E-state index in [2.05, 4.69) is 9.62 Å². The van der Waals surface area contributed by atoms with E-state index in [1.165, 1.54) is 12.1 Å². The van der Waals surface area contributed by atoms with Crippen molar-refractivity contribution in [1.82, 2.24) is 9.62 Å². The zero-order valence-corrected chi connectivity index (χ0v) is 15.8. The fourth-order valence-electron chi connectivity index (χ4n) is 3.47. The minimum Gasteiger partial charge on any atom is -0.295 e. The molecule has 1 fully saturated rings. The van der Waals surface area contributed by atoms with Gasteiger partial charge in [0.05, 0.1) is 5.75 Å². The van der Waals surface area contributed by atoms with Crippen LogP contribution in [0.5, 0.6) is 0 Å². The standard InChI is InChI=1S/C20H25FN2O2S/c1-16-5-4-6-17(13-16)15-26(24,25)22-14-20(23-11-2-3-12-23)18-7-9-19(21)10-8-18/h4-10,13,20,22H,2-3,11-12,14-15H2,1H3. The van der Waals surface area contributed by atoms with E-state index in [4.69, 9.17) is 0 Å². The number of benzene rings is 2. The molecule has 6 heteroatoms. The molecule has 1 N–H and O–H groups in total. The molecule has 0 bridgehead atoms. The van der Waals surface area contributed by atoms with Gasteiger partial charge in [-0.1, -0.05) is 42.0 Å². The lowest BCUT2D eigenvalue weighted by atomic mass is 10.1. The van der Waals surface area contributed by atoms with Gasteiger partial charge in [0.2, 0.25) is 10.0 Å². The van der Waals surface area contributed by atoms with Crippen molar-refractivity contribution in [3.63, 3.8) is 0 Å². The van der Waals surface area contributed by atoms with Crippen molar-refractivity contribution in [3.05, 3.63) is 71.0 Å². The Morgan fingerprint density at radius 1 is 1.12 bits per heavy atom. The van der Waals surface area contributed by atoms with Crippen LogP contribution in [-0.4, -0.2) is 33.0 Å². The summed E-state index contributed by atoms with van der Waals surface area (Å²) in [7, 11) is -3.44. The van der Waals surface area contributed by atoms with E-state index in [-0.39, 0.29) is 17.6 Å². The van der Waals surface area contributed by atoms with E-state index in [0.717, 1.165) is 42.6 Å². The van der Waals surface area contributed by atoms with Gasteiger partial charge in [-0.05, 0) is 56.1 Å². The first-order chi connectivity index (χ1) is 12.4.